The molecule has 2 heterocycles. The summed E-state index contributed by atoms with van der Waals surface area (Å²) in [6.07, 6.45) is 2.54. The largest absolute Gasteiger partial charge is 0.297 e. The molecule has 4 heteroatoms. The first-order valence-corrected chi connectivity index (χ1v) is 12.4. The third-order valence-electron chi connectivity index (χ3n) is 7.80. The maximum atomic E-state index is 2.79. The second kappa shape index (κ2) is 11.6. The number of piperidine rings is 1. The number of benzene rings is 4. The average molecular weight is 506 g/mol. The molecule has 6 rings (SSSR count). The predicted octanol–water partition coefficient (Wildman–Crippen LogP) is 7.16. The molecule has 2 bridgehead atoms. The number of rotatable bonds is 5. The van der Waals surface area contributed by atoms with Crippen molar-refractivity contribution in [3.05, 3.63) is 120 Å². The molecule has 0 amide bonds. The zero-order valence-corrected chi connectivity index (χ0v) is 21.6. The van der Waals surface area contributed by atoms with Crippen LogP contribution in [0.1, 0.15) is 35.4 Å². The van der Waals surface area contributed by atoms with Gasteiger partial charge in [-0.05, 0) is 46.4 Å². The van der Waals surface area contributed by atoms with Crippen LogP contribution in [-0.2, 0) is 6.54 Å². The van der Waals surface area contributed by atoms with Gasteiger partial charge in [-0.25, -0.2) is 0 Å². The first kappa shape index (κ1) is 25.7. The van der Waals surface area contributed by atoms with Crippen molar-refractivity contribution >= 4 is 35.6 Å². The third-order valence-corrected chi connectivity index (χ3v) is 7.80. The Morgan fingerprint density at radius 1 is 0.657 bits per heavy atom. The number of halogens is 2. The summed E-state index contributed by atoms with van der Waals surface area (Å²) in [7, 11) is 0. The minimum Gasteiger partial charge on any atom is -0.297 e. The van der Waals surface area contributed by atoms with Crippen LogP contribution in [0.5, 0.6) is 0 Å². The summed E-state index contributed by atoms with van der Waals surface area (Å²) in [4.78, 5) is 5.52. The van der Waals surface area contributed by atoms with E-state index in [4.69, 9.17) is 0 Å². The highest BCUT2D eigenvalue weighted by molar-refractivity contribution is 5.85. The Morgan fingerprint density at radius 3 is 1.97 bits per heavy atom. The van der Waals surface area contributed by atoms with Gasteiger partial charge in [0.05, 0.1) is 0 Å². The molecule has 0 N–H and O–H groups in total. The Hall–Kier alpha value is -2.36. The van der Waals surface area contributed by atoms with Crippen LogP contribution < -0.4 is 0 Å². The molecule has 0 radical (unpaired) electrons. The lowest BCUT2D eigenvalue weighted by atomic mass is 9.79. The highest BCUT2D eigenvalue weighted by Crippen LogP contribution is 2.38. The van der Waals surface area contributed by atoms with Gasteiger partial charge in [0.15, 0.2) is 0 Å². The van der Waals surface area contributed by atoms with E-state index in [9.17, 15) is 0 Å². The fraction of sp³-hybridized carbons (Fsp3) is 0.290. The highest BCUT2D eigenvalue weighted by atomic mass is 35.5. The normalized spacial score (nSPS) is 21.8. The molecule has 2 aliphatic heterocycles. The summed E-state index contributed by atoms with van der Waals surface area (Å²) in [6, 6.07) is 39.2. The lowest BCUT2D eigenvalue weighted by Crippen LogP contribution is -2.60. The van der Waals surface area contributed by atoms with E-state index in [2.05, 4.69) is 113 Å². The van der Waals surface area contributed by atoms with Crippen molar-refractivity contribution < 1.29 is 0 Å². The highest BCUT2D eigenvalue weighted by Gasteiger charge is 2.39. The summed E-state index contributed by atoms with van der Waals surface area (Å²) in [5, 5.41) is 2.69. The van der Waals surface area contributed by atoms with Crippen molar-refractivity contribution in [3.63, 3.8) is 0 Å². The molecule has 0 aromatic heterocycles. The molecule has 4 aromatic carbocycles. The summed E-state index contributed by atoms with van der Waals surface area (Å²) in [5.74, 6) is 0.445. The Bertz CT molecular complexity index is 1170. The number of hydrogen-bond donors (Lipinski definition) is 0. The minimum atomic E-state index is 0. The number of piperazine rings is 1. The van der Waals surface area contributed by atoms with Crippen molar-refractivity contribution in [2.45, 2.75) is 37.4 Å². The molecule has 0 aliphatic carbocycles. The summed E-state index contributed by atoms with van der Waals surface area (Å²) in [6.45, 7) is 4.57. The van der Waals surface area contributed by atoms with Gasteiger partial charge in [0, 0.05) is 44.2 Å². The lowest BCUT2D eigenvalue weighted by molar-refractivity contribution is -0.00354. The topological polar surface area (TPSA) is 6.48 Å². The number of hydrogen-bond acceptors (Lipinski definition) is 2. The van der Waals surface area contributed by atoms with Crippen LogP contribution in [0, 0.1) is 0 Å². The van der Waals surface area contributed by atoms with Gasteiger partial charge in [0.2, 0.25) is 0 Å². The van der Waals surface area contributed by atoms with E-state index in [-0.39, 0.29) is 24.8 Å². The molecule has 2 aliphatic rings. The van der Waals surface area contributed by atoms with E-state index < -0.39 is 0 Å². The fourth-order valence-corrected chi connectivity index (χ4v) is 6.15. The van der Waals surface area contributed by atoms with Crippen LogP contribution in [0.25, 0.3) is 10.8 Å². The quantitative estimate of drug-likeness (QED) is 0.284. The second-order valence-electron chi connectivity index (χ2n) is 9.74. The van der Waals surface area contributed by atoms with Gasteiger partial charge < -0.3 is 0 Å². The molecule has 4 aromatic rings. The van der Waals surface area contributed by atoms with Crippen LogP contribution >= 0.6 is 24.8 Å². The molecule has 182 valence electrons. The van der Waals surface area contributed by atoms with E-state index >= 15 is 0 Å². The van der Waals surface area contributed by atoms with Crippen LogP contribution in [0.4, 0.5) is 0 Å². The van der Waals surface area contributed by atoms with Crippen LogP contribution in [0.15, 0.2) is 103 Å². The Morgan fingerprint density at radius 2 is 1.29 bits per heavy atom. The Labute approximate surface area is 221 Å². The molecule has 35 heavy (non-hydrogen) atoms. The van der Waals surface area contributed by atoms with Gasteiger partial charge in [-0.3, -0.25) is 9.80 Å². The van der Waals surface area contributed by atoms with Gasteiger partial charge in [-0.1, -0.05) is 97.1 Å². The molecular formula is C31H34Cl2N2. The molecular weight excluding hydrogens is 471 g/mol. The molecule has 2 saturated heterocycles. The van der Waals surface area contributed by atoms with Crippen molar-refractivity contribution in [2.24, 2.45) is 0 Å². The molecule has 2 fully saturated rings. The average Bonchev–Trinajstić information content (AvgIpc) is 2.88. The minimum absolute atomic E-state index is 0. The number of fused-ring (bicyclic) bond motifs is 3. The molecule has 0 saturated carbocycles. The molecule has 0 spiro atoms. The molecule has 3 atom stereocenters. The summed E-state index contributed by atoms with van der Waals surface area (Å²) in [5.41, 5.74) is 4.34. The van der Waals surface area contributed by atoms with Gasteiger partial charge >= 0.3 is 0 Å². The monoisotopic (exact) mass is 504 g/mol. The SMILES string of the molecule is Cl.Cl.c1ccc(C(c2ccccc2)[C@H]2CC[C@@H]3CN2CCN3Cc2ccc3ccccc3c2)cc1. The van der Waals surface area contributed by atoms with E-state index in [1.54, 1.807) is 0 Å². The van der Waals surface area contributed by atoms with E-state index in [0.717, 1.165) is 19.6 Å². The second-order valence-corrected chi connectivity index (χ2v) is 9.74. The Kier molecular flexibility index (Phi) is 8.51. The van der Waals surface area contributed by atoms with Gasteiger partial charge in [-0.2, -0.15) is 0 Å². The van der Waals surface area contributed by atoms with Gasteiger partial charge in [-0.15, -0.1) is 24.8 Å². The fourth-order valence-electron chi connectivity index (χ4n) is 6.15. The smallest absolute Gasteiger partial charge is 0.0245 e. The Balaban J connectivity index is 0.00000144. The van der Waals surface area contributed by atoms with Crippen molar-refractivity contribution in [1.82, 2.24) is 9.80 Å². The third kappa shape index (κ3) is 5.42. The van der Waals surface area contributed by atoms with Crippen molar-refractivity contribution in [3.8, 4) is 0 Å². The zero-order chi connectivity index (χ0) is 22.0. The first-order chi connectivity index (χ1) is 16.3. The molecule has 2 nitrogen and oxygen atoms in total. The first-order valence-electron chi connectivity index (χ1n) is 12.4. The maximum Gasteiger partial charge on any atom is 0.0245 e. The van der Waals surface area contributed by atoms with E-state index in [1.165, 1.54) is 46.8 Å². The zero-order valence-electron chi connectivity index (χ0n) is 20.0. The predicted molar refractivity (Wildman–Crippen MR) is 152 cm³/mol. The van der Waals surface area contributed by atoms with E-state index in [1.807, 2.05) is 0 Å². The van der Waals surface area contributed by atoms with E-state index in [0.29, 0.717) is 18.0 Å². The van der Waals surface area contributed by atoms with Crippen molar-refractivity contribution in [1.29, 1.82) is 0 Å². The summed E-state index contributed by atoms with van der Waals surface area (Å²) >= 11 is 0. The van der Waals surface area contributed by atoms with Gasteiger partial charge in [0.25, 0.3) is 0 Å². The van der Waals surface area contributed by atoms with Crippen LogP contribution in [0.3, 0.4) is 0 Å². The van der Waals surface area contributed by atoms with Crippen LogP contribution in [0.2, 0.25) is 0 Å². The van der Waals surface area contributed by atoms with Crippen molar-refractivity contribution in [2.75, 3.05) is 19.6 Å². The number of nitrogens with zero attached hydrogens (tertiary/aromatic N) is 2. The lowest BCUT2D eigenvalue weighted by Gasteiger charge is -2.51. The molecule has 1 unspecified atom stereocenters. The maximum absolute atomic E-state index is 2.79. The standard InChI is InChI=1S/C31H32N2.2ClH/c1-3-10-26(11-4-1)31(27-12-5-2-6-13-27)30-18-17-29-23-33(30)20-19-32(29)22-24-15-16-25-9-7-8-14-28(25)21-24;;/h1-16,21,29-31H,17-20,22-23H2;2*1H/t29-,30-;;/m1../s1. The van der Waals surface area contributed by atoms with Gasteiger partial charge in [0.1, 0.15) is 0 Å². The summed E-state index contributed by atoms with van der Waals surface area (Å²) < 4.78 is 0. The van der Waals surface area contributed by atoms with Crippen LogP contribution in [-0.4, -0.2) is 41.5 Å².